The van der Waals surface area contributed by atoms with E-state index in [1.54, 1.807) is 0 Å². The SMILES string of the molecule is Cc1cccnc1CN(C)Cc1ncccc1C. The summed E-state index contributed by atoms with van der Waals surface area (Å²) < 4.78 is 0. The highest BCUT2D eigenvalue weighted by Gasteiger charge is 2.07. The first-order chi connectivity index (χ1) is 8.66. The first-order valence-corrected chi connectivity index (χ1v) is 6.16. The van der Waals surface area contributed by atoms with E-state index in [-0.39, 0.29) is 0 Å². The molecule has 0 aliphatic rings. The molecule has 2 rings (SSSR count). The summed E-state index contributed by atoms with van der Waals surface area (Å²) in [5.41, 5.74) is 4.74. The average molecular weight is 241 g/mol. The molecule has 0 fully saturated rings. The van der Waals surface area contributed by atoms with Crippen molar-refractivity contribution in [2.45, 2.75) is 26.9 Å². The lowest BCUT2D eigenvalue weighted by Crippen LogP contribution is -2.19. The van der Waals surface area contributed by atoms with Crippen LogP contribution >= 0.6 is 0 Å². The van der Waals surface area contributed by atoms with Crippen molar-refractivity contribution in [2.75, 3.05) is 7.05 Å². The molecule has 2 aromatic rings. The Morgan fingerprint density at radius 1 is 0.889 bits per heavy atom. The highest BCUT2D eigenvalue weighted by Crippen LogP contribution is 2.10. The molecule has 0 saturated carbocycles. The van der Waals surface area contributed by atoms with Gasteiger partial charge in [-0.3, -0.25) is 14.9 Å². The van der Waals surface area contributed by atoms with Gasteiger partial charge in [0.25, 0.3) is 0 Å². The predicted molar refractivity (Wildman–Crippen MR) is 73.1 cm³/mol. The van der Waals surface area contributed by atoms with Crippen molar-refractivity contribution < 1.29 is 0 Å². The summed E-state index contributed by atoms with van der Waals surface area (Å²) in [7, 11) is 2.10. The molecule has 0 saturated heterocycles. The van der Waals surface area contributed by atoms with Gasteiger partial charge in [-0.25, -0.2) is 0 Å². The summed E-state index contributed by atoms with van der Waals surface area (Å²) >= 11 is 0. The van der Waals surface area contributed by atoms with Gasteiger partial charge < -0.3 is 0 Å². The van der Waals surface area contributed by atoms with E-state index in [0.717, 1.165) is 24.5 Å². The lowest BCUT2D eigenvalue weighted by Gasteiger charge is -2.17. The molecular weight excluding hydrogens is 222 g/mol. The van der Waals surface area contributed by atoms with E-state index in [4.69, 9.17) is 0 Å². The Labute approximate surface area is 109 Å². The van der Waals surface area contributed by atoms with Crippen molar-refractivity contribution in [3.8, 4) is 0 Å². The minimum absolute atomic E-state index is 0.850. The summed E-state index contributed by atoms with van der Waals surface area (Å²) in [4.78, 5) is 11.1. The Bertz CT molecular complexity index is 475. The highest BCUT2D eigenvalue weighted by atomic mass is 15.1. The lowest BCUT2D eigenvalue weighted by atomic mass is 10.2. The summed E-state index contributed by atoms with van der Waals surface area (Å²) in [5, 5.41) is 0. The molecule has 0 atom stereocenters. The van der Waals surface area contributed by atoms with Gasteiger partial charge in [0.1, 0.15) is 0 Å². The molecule has 2 aromatic heterocycles. The van der Waals surface area contributed by atoms with E-state index in [9.17, 15) is 0 Å². The molecule has 0 aromatic carbocycles. The fourth-order valence-electron chi connectivity index (χ4n) is 1.94. The Morgan fingerprint density at radius 2 is 1.33 bits per heavy atom. The molecule has 3 heteroatoms. The standard InChI is InChI=1S/C15H19N3/c1-12-6-4-8-16-14(12)10-18(3)11-15-13(2)7-5-9-17-15/h4-9H,10-11H2,1-3H3. The van der Waals surface area contributed by atoms with Crippen LogP contribution in [0.5, 0.6) is 0 Å². The Hall–Kier alpha value is -1.74. The molecule has 0 N–H and O–H groups in total. The normalized spacial score (nSPS) is 10.9. The summed E-state index contributed by atoms with van der Waals surface area (Å²) in [6.45, 7) is 5.90. The molecule has 0 spiro atoms. The average Bonchev–Trinajstić information content (AvgIpc) is 2.35. The summed E-state index contributed by atoms with van der Waals surface area (Å²) in [6, 6.07) is 8.15. The molecule has 94 valence electrons. The van der Waals surface area contributed by atoms with Crippen molar-refractivity contribution in [2.24, 2.45) is 0 Å². The van der Waals surface area contributed by atoms with Crippen LogP contribution in [0, 0.1) is 13.8 Å². The third-order valence-corrected chi connectivity index (χ3v) is 3.08. The second kappa shape index (κ2) is 5.74. The third kappa shape index (κ3) is 3.14. The van der Waals surface area contributed by atoms with E-state index in [2.05, 4.69) is 47.9 Å². The van der Waals surface area contributed by atoms with Crippen LogP contribution in [0.1, 0.15) is 22.5 Å². The van der Waals surface area contributed by atoms with Crippen LogP contribution in [0.15, 0.2) is 36.7 Å². The summed E-state index contributed by atoms with van der Waals surface area (Å²) in [6.07, 6.45) is 3.70. The minimum Gasteiger partial charge on any atom is -0.295 e. The zero-order valence-corrected chi connectivity index (χ0v) is 11.2. The molecular formula is C15H19N3. The molecule has 0 aliphatic carbocycles. The topological polar surface area (TPSA) is 29.0 Å². The maximum Gasteiger partial charge on any atom is 0.0573 e. The third-order valence-electron chi connectivity index (χ3n) is 3.08. The zero-order valence-electron chi connectivity index (χ0n) is 11.2. The van der Waals surface area contributed by atoms with Crippen molar-refractivity contribution >= 4 is 0 Å². The van der Waals surface area contributed by atoms with Gasteiger partial charge in [0, 0.05) is 25.5 Å². The quantitative estimate of drug-likeness (QED) is 0.824. The van der Waals surface area contributed by atoms with Gasteiger partial charge in [0.05, 0.1) is 11.4 Å². The van der Waals surface area contributed by atoms with Crippen molar-refractivity contribution in [1.29, 1.82) is 0 Å². The van der Waals surface area contributed by atoms with E-state index >= 15 is 0 Å². The van der Waals surface area contributed by atoms with E-state index in [0.29, 0.717) is 0 Å². The van der Waals surface area contributed by atoms with Gasteiger partial charge in [0.2, 0.25) is 0 Å². The fourth-order valence-corrected chi connectivity index (χ4v) is 1.94. The number of hydrogen-bond donors (Lipinski definition) is 0. The minimum atomic E-state index is 0.850. The van der Waals surface area contributed by atoms with Crippen LogP contribution in [0.2, 0.25) is 0 Å². The Kier molecular flexibility index (Phi) is 4.05. The number of aromatic nitrogens is 2. The van der Waals surface area contributed by atoms with Crippen LogP contribution < -0.4 is 0 Å². The maximum atomic E-state index is 4.42. The predicted octanol–water partition coefficient (Wildman–Crippen LogP) is 2.73. The largest absolute Gasteiger partial charge is 0.295 e. The number of pyridine rings is 2. The number of rotatable bonds is 4. The second-order valence-corrected chi connectivity index (χ2v) is 4.71. The number of hydrogen-bond acceptors (Lipinski definition) is 3. The molecule has 2 heterocycles. The fraction of sp³-hybridized carbons (Fsp3) is 0.333. The van der Waals surface area contributed by atoms with Crippen molar-refractivity contribution in [3.63, 3.8) is 0 Å². The monoisotopic (exact) mass is 241 g/mol. The molecule has 0 amide bonds. The van der Waals surface area contributed by atoms with Gasteiger partial charge in [-0.2, -0.15) is 0 Å². The van der Waals surface area contributed by atoms with Crippen molar-refractivity contribution in [3.05, 3.63) is 59.2 Å². The summed E-state index contributed by atoms with van der Waals surface area (Å²) in [5.74, 6) is 0. The molecule has 0 unspecified atom stereocenters. The van der Waals surface area contributed by atoms with E-state index in [1.165, 1.54) is 11.1 Å². The van der Waals surface area contributed by atoms with Crippen LogP contribution in [0.3, 0.4) is 0 Å². The van der Waals surface area contributed by atoms with Crippen LogP contribution in [-0.4, -0.2) is 21.9 Å². The zero-order chi connectivity index (χ0) is 13.0. The molecule has 18 heavy (non-hydrogen) atoms. The highest BCUT2D eigenvalue weighted by molar-refractivity contribution is 5.19. The lowest BCUT2D eigenvalue weighted by molar-refractivity contribution is 0.309. The second-order valence-electron chi connectivity index (χ2n) is 4.71. The first kappa shape index (κ1) is 12.7. The maximum absolute atomic E-state index is 4.42. The number of nitrogens with zero attached hydrogens (tertiary/aromatic N) is 3. The van der Waals surface area contributed by atoms with Gasteiger partial charge >= 0.3 is 0 Å². The van der Waals surface area contributed by atoms with Crippen LogP contribution in [0.25, 0.3) is 0 Å². The van der Waals surface area contributed by atoms with Gasteiger partial charge in [-0.05, 0) is 44.2 Å². The van der Waals surface area contributed by atoms with Gasteiger partial charge in [-0.1, -0.05) is 12.1 Å². The van der Waals surface area contributed by atoms with Gasteiger partial charge in [-0.15, -0.1) is 0 Å². The van der Waals surface area contributed by atoms with Gasteiger partial charge in [0.15, 0.2) is 0 Å². The molecule has 0 aliphatic heterocycles. The Balaban J connectivity index is 2.04. The molecule has 0 bridgehead atoms. The molecule has 0 radical (unpaired) electrons. The van der Waals surface area contributed by atoms with Crippen molar-refractivity contribution in [1.82, 2.24) is 14.9 Å². The van der Waals surface area contributed by atoms with Crippen LogP contribution in [-0.2, 0) is 13.1 Å². The Morgan fingerprint density at radius 3 is 1.72 bits per heavy atom. The molecule has 3 nitrogen and oxygen atoms in total. The number of aryl methyl sites for hydroxylation is 2. The first-order valence-electron chi connectivity index (χ1n) is 6.16. The van der Waals surface area contributed by atoms with Crippen LogP contribution in [0.4, 0.5) is 0 Å². The van der Waals surface area contributed by atoms with E-state index < -0.39 is 0 Å². The van der Waals surface area contributed by atoms with E-state index in [1.807, 2.05) is 24.5 Å². The smallest absolute Gasteiger partial charge is 0.0573 e.